The maximum absolute atomic E-state index is 10.9. The molecule has 4 fully saturated rings. The fourth-order valence-corrected chi connectivity index (χ4v) is 10.6. The molecule has 2 saturated carbocycles. The lowest BCUT2D eigenvalue weighted by Gasteiger charge is -2.45. The molecule has 3 unspecified atom stereocenters. The Morgan fingerprint density at radius 1 is 0.873 bits per heavy atom. The molecule has 2 aromatic rings. The minimum absolute atomic E-state index is 0.0228. The van der Waals surface area contributed by atoms with Crippen LogP contribution in [0.5, 0.6) is 0 Å². The molecule has 5 heterocycles. The van der Waals surface area contributed by atoms with Gasteiger partial charge in [0.1, 0.15) is 19.0 Å². The molecule has 2 aromatic heterocycles. The van der Waals surface area contributed by atoms with Crippen molar-refractivity contribution in [2.75, 3.05) is 77.6 Å². The average Bonchev–Trinajstić information content (AvgIpc) is 3.39. The summed E-state index contributed by atoms with van der Waals surface area (Å²) in [6.45, 7) is 14.2. The van der Waals surface area contributed by atoms with Gasteiger partial charge < -0.3 is 49.7 Å². The SMILES string of the molecule is C=C(/C=C(\N=CC)c1ccnc(NC2CCC(N[C@H](C)COC)CC2)n1)OCC1(C#N)CCOC(C2C[C@H](N[C@H](C)COC)CC[C@H]2Nc2nccc(C3=CC(OCC4(C#N)CCOCC4)=NCC3)n2)C1. The number of nitriles is 2. The van der Waals surface area contributed by atoms with Crippen molar-refractivity contribution in [3.8, 4) is 12.1 Å². The molecule has 0 spiro atoms. The summed E-state index contributed by atoms with van der Waals surface area (Å²) in [4.78, 5) is 28.3. The second-order valence-corrected chi connectivity index (χ2v) is 20.1. The predicted molar refractivity (Wildman–Crippen MR) is 274 cm³/mol. The van der Waals surface area contributed by atoms with Gasteiger partial charge in [-0.25, -0.2) is 19.9 Å². The van der Waals surface area contributed by atoms with Crippen LogP contribution in [0.3, 0.4) is 0 Å². The van der Waals surface area contributed by atoms with Gasteiger partial charge in [-0.2, -0.15) is 10.5 Å². The number of dihydropyridines is 1. The third-order valence-electron chi connectivity index (χ3n) is 14.5. The van der Waals surface area contributed by atoms with Gasteiger partial charge in [-0.3, -0.25) is 9.98 Å². The summed E-state index contributed by atoms with van der Waals surface area (Å²) in [5.41, 5.74) is 1.64. The Labute approximate surface area is 420 Å². The monoisotopic (exact) mass is 977 g/mol. The van der Waals surface area contributed by atoms with Gasteiger partial charge >= 0.3 is 0 Å². The molecule has 384 valence electrons. The van der Waals surface area contributed by atoms with E-state index in [0.29, 0.717) is 119 Å². The summed E-state index contributed by atoms with van der Waals surface area (Å²) in [6, 6.07) is 10.3. The van der Waals surface area contributed by atoms with Crippen molar-refractivity contribution < 1.29 is 28.4 Å². The Balaban J connectivity index is 1.000. The molecule has 0 amide bonds. The number of hydrogen-bond donors (Lipinski definition) is 4. The van der Waals surface area contributed by atoms with Crippen LogP contribution in [-0.4, -0.2) is 141 Å². The van der Waals surface area contributed by atoms with E-state index in [4.69, 9.17) is 38.4 Å². The maximum Gasteiger partial charge on any atom is 0.223 e. The topological polar surface area (TPSA) is 227 Å². The highest BCUT2D eigenvalue weighted by Gasteiger charge is 2.45. The van der Waals surface area contributed by atoms with Gasteiger partial charge in [-0.05, 0) is 116 Å². The molecule has 3 aliphatic heterocycles. The average molecular weight is 977 g/mol. The van der Waals surface area contributed by atoms with Gasteiger partial charge in [0.2, 0.25) is 17.8 Å². The smallest absolute Gasteiger partial charge is 0.223 e. The van der Waals surface area contributed by atoms with Crippen LogP contribution in [0.1, 0.15) is 109 Å². The molecule has 7 atom stereocenters. The number of hydrogen-bond acceptors (Lipinski definition) is 18. The number of rotatable bonds is 22. The number of nitrogens with one attached hydrogen (secondary N) is 4. The molecule has 18 heteroatoms. The summed E-state index contributed by atoms with van der Waals surface area (Å²) >= 11 is 0. The van der Waals surface area contributed by atoms with Gasteiger partial charge in [0.25, 0.3) is 0 Å². The minimum Gasteiger partial charge on any atom is -0.492 e. The Hall–Kier alpha value is -5.34. The maximum atomic E-state index is 10.9. The normalized spacial score (nSPS) is 27.8. The van der Waals surface area contributed by atoms with Crippen LogP contribution in [0.25, 0.3) is 11.3 Å². The fourth-order valence-electron chi connectivity index (χ4n) is 10.6. The number of aliphatic imine (C=N–C) groups is 2. The third kappa shape index (κ3) is 15.3. The summed E-state index contributed by atoms with van der Waals surface area (Å²) in [5.74, 6) is 2.02. The fraction of sp³-hybridized carbons (Fsp3) is 0.660. The molecule has 5 aliphatic rings. The number of methoxy groups -OCH3 is 2. The number of anilines is 2. The Bertz CT molecular complexity index is 2260. The van der Waals surface area contributed by atoms with Crippen LogP contribution in [0.4, 0.5) is 11.9 Å². The molecule has 18 nitrogen and oxygen atoms in total. The second kappa shape index (κ2) is 26.4. The van der Waals surface area contributed by atoms with Gasteiger partial charge in [-0.15, -0.1) is 0 Å². The first-order valence-electron chi connectivity index (χ1n) is 25.7. The minimum atomic E-state index is -0.812. The zero-order valence-electron chi connectivity index (χ0n) is 42.5. The Morgan fingerprint density at radius 2 is 1.55 bits per heavy atom. The van der Waals surface area contributed by atoms with E-state index in [1.807, 2.05) is 25.1 Å². The standard InChI is InChI=1S/C53H76N12O6/c1-7-56-47(46-16-22-58-50(65-46)62-41-10-8-40(9-11-41)60-36(2)30-66-5)26-38(4)70-35-53(33-55)19-25-69-48(29-53)43-28-42(61-37(3)31-67-6)12-13-45(43)64-51-59-21-15-44(63-51)39-14-20-57-49(27-39)71-34-52(32-54)17-23-68-24-18-52/h7,15-16,21-22,26-27,36-37,40-43,45,48,60-61H,4,8-14,17-20,23-25,28-31,34-35H2,1-3,5-6H3,(H,58,62,65)(H,59,63,64)/b47-26-,56-7?/t36-,37-,40?,41?,42-,43?,45-,48?,53?/m1/s1. The number of aromatic nitrogens is 4. The highest BCUT2D eigenvalue weighted by molar-refractivity contribution is 5.96. The molecule has 2 aliphatic carbocycles. The molecular weight excluding hydrogens is 901 g/mol. The van der Waals surface area contributed by atoms with E-state index in [1.54, 1.807) is 38.9 Å². The van der Waals surface area contributed by atoms with Crippen molar-refractivity contribution in [1.82, 2.24) is 30.6 Å². The van der Waals surface area contributed by atoms with Crippen LogP contribution >= 0.6 is 0 Å². The van der Waals surface area contributed by atoms with Gasteiger partial charge in [0.15, 0.2) is 0 Å². The Kier molecular flexibility index (Phi) is 19.9. The summed E-state index contributed by atoms with van der Waals surface area (Å²) < 4.78 is 35.4. The van der Waals surface area contributed by atoms with E-state index in [1.165, 1.54) is 0 Å². The van der Waals surface area contributed by atoms with Gasteiger partial charge in [0, 0.05) is 114 Å². The van der Waals surface area contributed by atoms with Crippen molar-refractivity contribution in [2.45, 2.75) is 140 Å². The van der Waals surface area contributed by atoms with Crippen LogP contribution in [0.2, 0.25) is 0 Å². The predicted octanol–water partition coefficient (Wildman–Crippen LogP) is 7.06. The van der Waals surface area contributed by atoms with E-state index in [2.05, 4.69) is 73.8 Å². The van der Waals surface area contributed by atoms with Gasteiger partial charge in [0.05, 0.1) is 59.4 Å². The molecule has 2 saturated heterocycles. The molecule has 7 rings (SSSR count). The van der Waals surface area contributed by atoms with E-state index >= 15 is 0 Å². The second-order valence-electron chi connectivity index (χ2n) is 20.1. The van der Waals surface area contributed by atoms with Crippen molar-refractivity contribution in [1.29, 1.82) is 10.5 Å². The number of ether oxygens (including phenoxy) is 6. The lowest BCUT2D eigenvalue weighted by atomic mass is 9.71. The molecule has 0 aromatic carbocycles. The molecule has 4 N–H and O–H groups in total. The van der Waals surface area contributed by atoms with E-state index in [9.17, 15) is 10.5 Å². The first kappa shape index (κ1) is 53.5. The van der Waals surface area contributed by atoms with Crippen LogP contribution in [0.15, 0.2) is 59.0 Å². The zero-order chi connectivity index (χ0) is 50.1. The van der Waals surface area contributed by atoms with E-state index in [0.717, 1.165) is 56.2 Å². The summed E-state index contributed by atoms with van der Waals surface area (Å²) in [7, 11) is 3.46. The molecule has 0 radical (unpaired) electrons. The highest BCUT2D eigenvalue weighted by atomic mass is 16.5. The van der Waals surface area contributed by atoms with E-state index in [-0.39, 0.29) is 49.4 Å². The summed E-state index contributed by atoms with van der Waals surface area (Å²) in [5, 5.41) is 35.6. The van der Waals surface area contributed by atoms with Crippen LogP contribution in [0, 0.1) is 39.4 Å². The zero-order valence-corrected chi connectivity index (χ0v) is 42.5. The van der Waals surface area contributed by atoms with Crippen molar-refractivity contribution in [3.63, 3.8) is 0 Å². The van der Waals surface area contributed by atoms with Crippen LogP contribution in [-0.2, 0) is 28.4 Å². The lowest BCUT2D eigenvalue weighted by Crippen LogP contribution is -2.52. The summed E-state index contributed by atoms with van der Waals surface area (Å²) in [6.07, 6.45) is 18.5. The highest BCUT2D eigenvalue weighted by Crippen LogP contribution is 2.42. The van der Waals surface area contributed by atoms with Crippen LogP contribution < -0.4 is 21.3 Å². The number of nitrogens with zero attached hydrogens (tertiary/aromatic N) is 8. The van der Waals surface area contributed by atoms with Crippen molar-refractivity contribution in [3.05, 3.63) is 60.4 Å². The molecule has 71 heavy (non-hydrogen) atoms. The molecular formula is C53H76N12O6. The molecule has 0 bridgehead atoms. The quantitative estimate of drug-likeness (QED) is 0.0526. The van der Waals surface area contributed by atoms with Gasteiger partial charge in [-0.1, -0.05) is 6.58 Å². The van der Waals surface area contributed by atoms with Crippen molar-refractivity contribution >= 4 is 35.3 Å². The van der Waals surface area contributed by atoms with Crippen molar-refractivity contribution in [2.24, 2.45) is 26.7 Å². The number of allylic oxidation sites excluding steroid dienone is 1. The lowest BCUT2D eigenvalue weighted by molar-refractivity contribution is -0.0853. The van der Waals surface area contributed by atoms with E-state index < -0.39 is 10.8 Å². The largest absolute Gasteiger partial charge is 0.492 e. The third-order valence-corrected chi connectivity index (χ3v) is 14.5. The first-order valence-corrected chi connectivity index (χ1v) is 25.7. The Morgan fingerprint density at radius 3 is 2.27 bits per heavy atom. The first-order chi connectivity index (χ1) is 34.5.